The Morgan fingerprint density at radius 3 is 2.33 bits per heavy atom. The first-order valence-corrected chi connectivity index (χ1v) is 8.75. The van der Waals surface area contributed by atoms with Crippen LogP contribution in [0.3, 0.4) is 0 Å². The Morgan fingerprint density at radius 1 is 1.33 bits per heavy atom. The molecule has 108 valence electrons. The van der Waals surface area contributed by atoms with Crippen molar-refractivity contribution in [2.75, 3.05) is 38.3 Å². The Hall–Kier alpha value is 0.160. The second-order valence-corrected chi connectivity index (χ2v) is 7.85. The van der Waals surface area contributed by atoms with Crippen molar-refractivity contribution in [2.45, 2.75) is 32.7 Å². The lowest BCUT2D eigenvalue weighted by Gasteiger charge is -2.34. The highest BCUT2D eigenvalue weighted by atomic mass is 35.5. The summed E-state index contributed by atoms with van der Waals surface area (Å²) in [4.78, 5) is 2.33. The molecule has 0 aromatic carbocycles. The molecule has 1 saturated heterocycles. The first-order chi connectivity index (χ1) is 8.36. The zero-order chi connectivity index (χ0) is 13.8. The average Bonchev–Trinajstić information content (AvgIpc) is 2.29. The molecular weight excluding hydrogens is 272 g/mol. The number of hydrogen-bond acceptors (Lipinski definition) is 3. The van der Waals surface area contributed by atoms with E-state index in [0.717, 1.165) is 19.4 Å². The van der Waals surface area contributed by atoms with Gasteiger partial charge in [-0.3, -0.25) is 0 Å². The largest absolute Gasteiger partial charge is 0.304 e. The average molecular weight is 297 g/mol. The molecule has 0 amide bonds. The van der Waals surface area contributed by atoms with Gasteiger partial charge in [0.1, 0.15) is 0 Å². The molecule has 0 aliphatic carbocycles. The number of piperidine rings is 1. The van der Waals surface area contributed by atoms with Gasteiger partial charge in [-0.15, -0.1) is 11.6 Å². The zero-order valence-electron chi connectivity index (χ0n) is 11.6. The minimum Gasteiger partial charge on any atom is -0.304 e. The van der Waals surface area contributed by atoms with Gasteiger partial charge in [-0.2, -0.15) is 0 Å². The Kier molecular flexibility index (Phi) is 6.38. The Labute approximate surface area is 116 Å². The molecule has 0 radical (unpaired) electrons. The number of sulfonamides is 1. The Balaban J connectivity index is 2.42. The highest BCUT2D eigenvalue weighted by Gasteiger charge is 2.28. The quantitative estimate of drug-likeness (QED) is 0.699. The molecule has 0 N–H and O–H groups in total. The van der Waals surface area contributed by atoms with Crippen LogP contribution in [-0.4, -0.2) is 62.0 Å². The maximum atomic E-state index is 11.9. The maximum Gasteiger partial charge on any atom is 0.215 e. The fraction of sp³-hybridized carbons (Fsp3) is 1.00. The molecule has 6 heteroatoms. The molecule has 1 heterocycles. The summed E-state index contributed by atoms with van der Waals surface area (Å²) in [6.07, 6.45) is 1.91. The van der Waals surface area contributed by atoms with Gasteiger partial charge in [0.15, 0.2) is 0 Å². The number of rotatable bonds is 6. The summed E-state index contributed by atoms with van der Waals surface area (Å²) in [6.45, 7) is 6.72. The van der Waals surface area contributed by atoms with Gasteiger partial charge in [0.05, 0.1) is 5.75 Å². The minimum atomic E-state index is -3.11. The van der Waals surface area contributed by atoms with Crippen molar-refractivity contribution in [3.63, 3.8) is 0 Å². The predicted octanol–water partition coefficient (Wildman–Crippen LogP) is 1.61. The Bertz CT molecular complexity index is 338. The molecule has 0 aromatic rings. The molecule has 0 atom stereocenters. The van der Waals surface area contributed by atoms with Gasteiger partial charge in [-0.1, -0.05) is 0 Å². The molecule has 1 aliphatic rings. The molecule has 0 unspecified atom stereocenters. The molecule has 0 saturated carbocycles. The van der Waals surface area contributed by atoms with Crippen molar-refractivity contribution in [1.29, 1.82) is 0 Å². The van der Waals surface area contributed by atoms with Crippen molar-refractivity contribution in [1.82, 2.24) is 9.21 Å². The number of alkyl halides is 1. The second-order valence-electron chi connectivity index (χ2n) is 5.38. The van der Waals surface area contributed by atoms with Gasteiger partial charge in [0.25, 0.3) is 0 Å². The van der Waals surface area contributed by atoms with Gasteiger partial charge in [-0.05, 0) is 39.7 Å². The molecule has 4 nitrogen and oxygen atoms in total. The standard InChI is InChI=1S/C12H25ClN2O2S/c1-11(2)14(3)10-12-4-7-15(8-5-12)18(16,17)9-6-13/h11-12H,4-10H2,1-3H3. The molecule has 1 aliphatic heterocycles. The van der Waals surface area contributed by atoms with Crippen molar-refractivity contribution < 1.29 is 8.42 Å². The van der Waals surface area contributed by atoms with E-state index in [4.69, 9.17) is 11.6 Å². The van der Waals surface area contributed by atoms with E-state index in [1.807, 2.05) is 0 Å². The van der Waals surface area contributed by atoms with Crippen molar-refractivity contribution >= 4 is 21.6 Å². The molecule has 1 fully saturated rings. The molecule has 0 aromatic heterocycles. The third-order valence-corrected chi connectivity index (χ3v) is 6.01. The zero-order valence-corrected chi connectivity index (χ0v) is 13.2. The van der Waals surface area contributed by atoms with Gasteiger partial charge in [0, 0.05) is 31.6 Å². The maximum absolute atomic E-state index is 11.9. The molecule has 0 bridgehead atoms. The summed E-state index contributed by atoms with van der Waals surface area (Å²) in [7, 11) is -0.988. The number of halogens is 1. The number of nitrogens with zero attached hydrogens (tertiary/aromatic N) is 2. The van der Waals surface area contributed by atoms with E-state index in [1.165, 1.54) is 0 Å². The first kappa shape index (κ1) is 16.2. The van der Waals surface area contributed by atoms with E-state index in [2.05, 4.69) is 25.8 Å². The van der Waals surface area contributed by atoms with E-state index in [0.29, 0.717) is 25.0 Å². The van der Waals surface area contributed by atoms with E-state index in [9.17, 15) is 8.42 Å². The summed E-state index contributed by atoms with van der Waals surface area (Å²) in [5, 5.41) is 0. The summed E-state index contributed by atoms with van der Waals surface area (Å²) in [5.74, 6) is 0.851. The predicted molar refractivity (Wildman–Crippen MR) is 76.6 cm³/mol. The van der Waals surface area contributed by atoms with Gasteiger partial charge in [0.2, 0.25) is 10.0 Å². The lowest BCUT2D eigenvalue weighted by Crippen LogP contribution is -2.43. The fourth-order valence-electron chi connectivity index (χ4n) is 2.21. The van der Waals surface area contributed by atoms with Crippen molar-refractivity contribution in [2.24, 2.45) is 5.92 Å². The lowest BCUT2D eigenvalue weighted by atomic mass is 9.97. The van der Waals surface area contributed by atoms with Crippen LogP contribution in [0.2, 0.25) is 0 Å². The third kappa shape index (κ3) is 4.68. The van der Waals surface area contributed by atoms with Crippen molar-refractivity contribution in [3.05, 3.63) is 0 Å². The SMILES string of the molecule is CC(C)N(C)CC1CCN(S(=O)(=O)CCCl)CC1. The van der Waals surface area contributed by atoms with Crippen molar-refractivity contribution in [3.8, 4) is 0 Å². The first-order valence-electron chi connectivity index (χ1n) is 6.61. The van der Waals surface area contributed by atoms with Gasteiger partial charge >= 0.3 is 0 Å². The van der Waals surface area contributed by atoms with E-state index < -0.39 is 10.0 Å². The normalized spacial score (nSPS) is 19.9. The van der Waals surface area contributed by atoms with Crippen LogP contribution < -0.4 is 0 Å². The molecular formula is C12H25ClN2O2S. The summed E-state index contributed by atoms with van der Waals surface area (Å²) in [5.41, 5.74) is 0. The van der Waals surface area contributed by atoms with Crippen LogP contribution in [0.5, 0.6) is 0 Å². The lowest BCUT2D eigenvalue weighted by molar-refractivity contribution is 0.182. The van der Waals surface area contributed by atoms with Crippen LogP contribution in [-0.2, 0) is 10.0 Å². The molecule has 1 rings (SSSR count). The van der Waals surface area contributed by atoms with E-state index in [-0.39, 0.29) is 11.6 Å². The van der Waals surface area contributed by atoms with Crippen LogP contribution in [0.15, 0.2) is 0 Å². The van der Waals surface area contributed by atoms with Crippen LogP contribution in [0, 0.1) is 5.92 Å². The molecule has 18 heavy (non-hydrogen) atoms. The molecule has 0 spiro atoms. The smallest absolute Gasteiger partial charge is 0.215 e. The highest BCUT2D eigenvalue weighted by Crippen LogP contribution is 2.21. The van der Waals surface area contributed by atoms with E-state index >= 15 is 0 Å². The highest BCUT2D eigenvalue weighted by molar-refractivity contribution is 7.89. The number of hydrogen-bond donors (Lipinski definition) is 0. The van der Waals surface area contributed by atoms with Gasteiger partial charge < -0.3 is 4.90 Å². The summed E-state index contributed by atoms with van der Waals surface area (Å²) >= 11 is 5.53. The van der Waals surface area contributed by atoms with Crippen LogP contribution >= 0.6 is 11.6 Å². The fourth-order valence-corrected chi connectivity index (χ4v) is 4.02. The second kappa shape index (κ2) is 7.08. The monoisotopic (exact) mass is 296 g/mol. The van der Waals surface area contributed by atoms with Crippen LogP contribution in [0.4, 0.5) is 0 Å². The van der Waals surface area contributed by atoms with Gasteiger partial charge in [-0.25, -0.2) is 12.7 Å². The topological polar surface area (TPSA) is 40.6 Å². The summed E-state index contributed by atoms with van der Waals surface area (Å²) in [6, 6.07) is 0.544. The van der Waals surface area contributed by atoms with Crippen LogP contribution in [0.1, 0.15) is 26.7 Å². The summed E-state index contributed by atoms with van der Waals surface area (Å²) < 4.78 is 25.3. The Morgan fingerprint density at radius 2 is 1.89 bits per heavy atom. The van der Waals surface area contributed by atoms with Crippen LogP contribution in [0.25, 0.3) is 0 Å². The van der Waals surface area contributed by atoms with E-state index in [1.54, 1.807) is 4.31 Å². The minimum absolute atomic E-state index is 0.0606. The third-order valence-electron chi connectivity index (χ3n) is 3.73.